The minimum absolute atomic E-state index is 0.0291. The molecule has 2 aromatic carbocycles. The molecule has 1 amide bonds. The number of unbranched alkanes of at least 4 members (excludes halogenated alkanes) is 1. The lowest BCUT2D eigenvalue weighted by molar-refractivity contribution is -0.137. The number of carbonyl (C=O) groups excluding carboxylic acids is 1. The van der Waals surface area contributed by atoms with Gasteiger partial charge in [-0.1, -0.05) is 42.5 Å². The second kappa shape index (κ2) is 9.57. The highest BCUT2D eigenvalue weighted by atomic mass is 19.1. The van der Waals surface area contributed by atoms with E-state index in [1.165, 1.54) is 12.1 Å². The van der Waals surface area contributed by atoms with Gasteiger partial charge in [0.25, 0.3) is 0 Å². The summed E-state index contributed by atoms with van der Waals surface area (Å²) in [6.07, 6.45) is 1.40. The van der Waals surface area contributed by atoms with Crippen LogP contribution >= 0.6 is 0 Å². The van der Waals surface area contributed by atoms with Crippen molar-refractivity contribution in [2.24, 2.45) is 0 Å². The molecule has 0 aliphatic rings. The molecule has 0 aliphatic heterocycles. The number of aliphatic carboxylic acids is 1. The molecule has 0 saturated heterocycles. The quantitative estimate of drug-likeness (QED) is 0.700. The third-order valence-electron chi connectivity index (χ3n) is 3.89. The SMILES string of the molecule is O=C(O)CCCCC(=O)N(Cc1ccccc1)Cc1ccc(F)cc1. The van der Waals surface area contributed by atoms with Crippen LogP contribution in [0.4, 0.5) is 4.39 Å². The standard InChI is InChI=1S/C20H22FNO3/c21-18-12-10-17(11-13-18)15-22(14-16-6-2-1-3-7-16)19(23)8-4-5-9-20(24)25/h1-3,6-7,10-13H,4-5,8-9,14-15H2,(H,24,25). The number of amides is 1. The zero-order chi connectivity index (χ0) is 18.1. The third kappa shape index (κ3) is 6.75. The van der Waals surface area contributed by atoms with Gasteiger partial charge in [0.1, 0.15) is 5.82 Å². The van der Waals surface area contributed by atoms with Crippen LogP contribution in [-0.4, -0.2) is 21.9 Å². The van der Waals surface area contributed by atoms with Gasteiger partial charge < -0.3 is 10.0 Å². The van der Waals surface area contributed by atoms with Gasteiger partial charge in [0, 0.05) is 25.9 Å². The van der Waals surface area contributed by atoms with Crippen LogP contribution in [0.15, 0.2) is 54.6 Å². The molecule has 0 atom stereocenters. The predicted octanol–water partition coefficient (Wildman–Crippen LogP) is 4.00. The molecule has 2 aromatic rings. The average Bonchev–Trinajstić information content (AvgIpc) is 2.60. The van der Waals surface area contributed by atoms with Gasteiger partial charge in [0.15, 0.2) is 0 Å². The zero-order valence-electron chi connectivity index (χ0n) is 14.0. The topological polar surface area (TPSA) is 57.6 Å². The summed E-state index contributed by atoms with van der Waals surface area (Å²) in [4.78, 5) is 24.9. The van der Waals surface area contributed by atoms with Crippen LogP contribution in [0.3, 0.4) is 0 Å². The van der Waals surface area contributed by atoms with Gasteiger partial charge in [0.05, 0.1) is 0 Å². The highest BCUT2D eigenvalue weighted by Gasteiger charge is 2.15. The number of rotatable bonds is 9. The van der Waals surface area contributed by atoms with Crippen LogP contribution in [0.5, 0.6) is 0 Å². The van der Waals surface area contributed by atoms with E-state index in [-0.39, 0.29) is 18.1 Å². The fourth-order valence-corrected chi connectivity index (χ4v) is 2.56. The molecule has 0 aromatic heterocycles. The molecule has 1 N–H and O–H groups in total. The molecule has 0 unspecified atom stereocenters. The Morgan fingerprint density at radius 2 is 1.40 bits per heavy atom. The molecule has 5 heteroatoms. The van der Waals surface area contributed by atoms with E-state index < -0.39 is 5.97 Å². The van der Waals surface area contributed by atoms with E-state index in [0.29, 0.717) is 32.4 Å². The van der Waals surface area contributed by atoms with E-state index in [9.17, 15) is 14.0 Å². The summed E-state index contributed by atoms with van der Waals surface area (Å²) < 4.78 is 13.1. The second-order valence-corrected chi connectivity index (χ2v) is 5.96. The highest BCUT2D eigenvalue weighted by Crippen LogP contribution is 2.14. The van der Waals surface area contributed by atoms with E-state index >= 15 is 0 Å². The van der Waals surface area contributed by atoms with Gasteiger partial charge in [-0.05, 0) is 36.1 Å². The van der Waals surface area contributed by atoms with Crippen molar-refractivity contribution in [3.63, 3.8) is 0 Å². The first kappa shape index (κ1) is 18.6. The Hall–Kier alpha value is -2.69. The van der Waals surface area contributed by atoms with Crippen molar-refractivity contribution >= 4 is 11.9 Å². The smallest absolute Gasteiger partial charge is 0.303 e. The van der Waals surface area contributed by atoms with Crippen molar-refractivity contribution in [1.29, 1.82) is 0 Å². The maximum absolute atomic E-state index is 13.1. The summed E-state index contributed by atoms with van der Waals surface area (Å²) in [6.45, 7) is 0.864. The van der Waals surface area contributed by atoms with Crippen molar-refractivity contribution in [2.45, 2.75) is 38.8 Å². The molecular weight excluding hydrogens is 321 g/mol. The first-order valence-electron chi connectivity index (χ1n) is 8.32. The van der Waals surface area contributed by atoms with Gasteiger partial charge in [-0.25, -0.2) is 4.39 Å². The van der Waals surface area contributed by atoms with Gasteiger partial charge >= 0.3 is 5.97 Å². The molecule has 25 heavy (non-hydrogen) atoms. The van der Waals surface area contributed by atoms with Gasteiger partial charge in [0.2, 0.25) is 5.91 Å². The van der Waals surface area contributed by atoms with Crippen LogP contribution in [0.2, 0.25) is 0 Å². The third-order valence-corrected chi connectivity index (χ3v) is 3.89. The number of hydrogen-bond donors (Lipinski definition) is 1. The number of carboxylic acid groups (broad SMARTS) is 1. The molecule has 0 fully saturated rings. The number of hydrogen-bond acceptors (Lipinski definition) is 2. The summed E-state index contributed by atoms with van der Waals surface area (Å²) in [5, 5.41) is 8.67. The first-order valence-corrected chi connectivity index (χ1v) is 8.32. The Bertz CT molecular complexity index is 686. The number of halogens is 1. The Morgan fingerprint density at radius 1 is 0.840 bits per heavy atom. The molecule has 0 saturated carbocycles. The van der Waals surface area contributed by atoms with Crippen LogP contribution < -0.4 is 0 Å². The fourth-order valence-electron chi connectivity index (χ4n) is 2.56. The number of carbonyl (C=O) groups is 2. The first-order chi connectivity index (χ1) is 12.0. The van der Waals surface area contributed by atoms with Crippen LogP contribution in [0.25, 0.3) is 0 Å². The molecule has 0 radical (unpaired) electrons. The Morgan fingerprint density at radius 3 is 2.00 bits per heavy atom. The van der Waals surface area contributed by atoms with Crippen molar-refractivity contribution in [3.05, 3.63) is 71.5 Å². The normalized spacial score (nSPS) is 10.4. The summed E-state index contributed by atoms with van der Waals surface area (Å²) in [7, 11) is 0. The number of benzene rings is 2. The second-order valence-electron chi connectivity index (χ2n) is 5.96. The Kier molecular flexibility index (Phi) is 7.14. The van der Waals surface area contributed by atoms with Crippen molar-refractivity contribution in [1.82, 2.24) is 4.90 Å². The van der Waals surface area contributed by atoms with Crippen LogP contribution in [0.1, 0.15) is 36.8 Å². The Balaban J connectivity index is 2.01. The summed E-state index contributed by atoms with van der Waals surface area (Å²) in [5.74, 6) is -1.18. The number of nitrogens with zero attached hydrogens (tertiary/aromatic N) is 1. The van der Waals surface area contributed by atoms with E-state index in [1.54, 1.807) is 17.0 Å². The fraction of sp³-hybridized carbons (Fsp3) is 0.300. The molecule has 132 valence electrons. The maximum atomic E-state index is 13.1. The zero-order valence-corrected chi connectivity index (χ0v) is 14.0. The maximum Gasteiger partial charge on any atom is 0.303 e. The average molecular weight is 343 g/mol. The van der Waals surface area contributed by atoms with E-state index in [1.807, 2.05) is 30.3 Å². The summed E-state index contributed by atoms with van der Waals surface area (Å²) in [5.41, 5.74) is 1.87. The predicted molar refractivity (Wildman–Crippen MR) is 93.2 cm³/mol. The van der Waals surface area contributed by atoms with E-state index in [2.05, 4.69) is 0 Å². The largest absolute Gasteiger partial charge is 0.481 e. The van der Waals surface area contributed by atoms with Crippen LogP contribution in [0, 0.1) is 5.82 Å². The van der Waals surface area contributed by atoms with Gasteiger partial charge in [-0.2, -0.15) is 0 Å². The van der Waals surface area contributed by atoms with Crippen molar-refractivity contribution in [3.8, 4) is 0 Å². The lowest BCUT2D eigenvalue weighted by atomic mass is 10.1. The minimum Gasteiger partial charge on any atom is -0.481 e. The number of carboxylic acids is 1. The molecule has 0 spiro atoms. The van der Waals surface area contributed by atoms with Crippen LogP contribution in [-0.2, 0) is 22.7 Å². The molecule has 4 nitrogen and oxygen atoms in total. The minimum atomic E-state index is -0.847. The summed E-state index contributed by atoms with van der Waals surface area (Å²) >= 11 is 0. The molecular formula is C20H22FNO3. The lowest BCUT2D eigenvalue weighted by Gasteiger charge is -2.23. The van der Waals surface area contributed by atoms with E-state index in [0.717, 1.165) is 11.1 Å². The summed E-state index contributed by atoms with van der Waals surface area (Å²) in [6, 6.07) is 15.8. The van der Waals surface area contributed by atoms with Crippen molar-refractivity contribution < 1.29 is 19.1 Å². The lowest BCUT2D eigenvalue weighted by Crippen LogP contribution is -2.30. The Labute approximate surface area is 146 Å². The molecule has 0 heterocycles. The van der Waals surface area contributed by atoms with E-state index in [4.69, 9.17) is 5.11 Å². The van der Waals surface area contributed by atoms with Gasteiger partial charge in [-0.15, -0.1) is 0 Å². The molecule has 0 aliphatic carbocycles. The molecule has 0 bridgehead atoms. The van der Waals surface area contributed by atoms with Crippen molar-refractivity contribution in [2.75, 3.05) is 0 Å². The highest BCUT2D eigenvalue weighted by molar-refractivity contribution is 5.76. The monoisotopic (exact) mass is 343 g/mol. The molecule has 2 rings (SSSR count). The van der Waals surface area contributed by atoms with Gasteiger partial charge in [-0.3, -0.25) is 9.59 Å².